The summed E-state index contributed by atoms with van der Waals surface area (Å²) in [6.45, 7) is -0.260. The summed E-state index contributed by atoms with van der Waals surface area (Å²) < 4.78 is 9.59. The number of anilines is 2. The summed E-state index contributed by atoms with van der Waals surface area (Å²) >= 11 is 0. The monoisotopic (exact) mass is 264 g/mol. The van der Waals surface area contributed by atoms with Gasteiger partial charge in [-0.25, -0.2) is 4.90 Å². The quantitative estimate of drug-likeness (QED) is 0.461. The molecule has 0 bridgehead atoms. The molecular weight excluding hydrogens is 252 g/mol. The largest absolute Gasteiger partial charge is 0.482 e. The summed E-state index contributed by atoms with van der Waals surface area (Å²) in [5.41, 5.74) is 6.24. The predicted molar refractivity (Wildman–Crippen MR) is 65.5 cm³/mol. The molecule has 0 aromatic heterocycles. The molecule has 0 aliphatic carbocycles. The van der Waals surface area contributed by atoms with Gasteiger partial charge in [-0.15, -0.1) is 0 Å². The molecule has 1 heterocycles. The van der Waals surface area contributed by atoms with Gasteiger partial charge >= 0.3 is 5.97 Å². The minimum atomic E-state index is -0.713. The molecule has 2 amide bonds. The van der Waals surface area contributed by atoms with Crippen molar-refractivity contribution in [3.63, 3.8) is 0 Å². The summed E-state index contributed by atoms with van der Waals surface area (Å²) in [6.07, 6.45) is -0.517. The highest BCUT2D eigenvalue weighted by atomic mass is 16.5. The number of carbonyl (C=O) groups is 3. The van der Waals surface area contributed by atoms with E-state index in [9.17, 15) is 14.4 Å². The van der Waals surface area contributed by atoms with Crippen molar-refractivity contribution in [2.75, 3.05) is 24.4 Å². The maximum absolute atomic E-state index is 12.0. The lowest BCUT2D eigenvalue weighted by Gasteiger charge is -2.27. The SMILES string of the molecule is COC(=O)CC(=O)N1C(=O)COc2ccc(N)cc21. The first-order valence-electron chi connectivity index (χ1n) is 5.48. The molecule has 1 aromatic carbocycles. The van der Waals surface area contributed by atoms with Crippen LogP contribution in [0.2, 0.25) is 0 Å². The second-order valence-electron chi connectivity index (χ2n) is 3.89. The number of amides is 2. The maximum atomic E-state index is 12.0. The molecule has 2 rings (SSSR count). The van der Waals surface area contributed by atoms with E-state index in [0.29, 0.717) is 11.4 Å². The zero-order valence-electron chi connectivity index (χ0n) is 10.2. The lowest BCUT2D eigenvalue weighted by Crippen LogP contribution is -2.44. The first-order valence-corrected chi connectivity index (χ1v) is 5.48. The number of ether oxygens (including phenoxy) is 2. The third kappa shape index (κ3) is 2.49. The fraction of sp³-hybridized carbons (Fsp3) is 0.250. The second-order valence-corrected chi connectivity index (χ2v) is 3.89. The number of nitrogens with zero attached hydrogens (tertiary/aromatic N) is 1. The summed E-state index contributed by atoms with van der Waals surface area (Å²) in [4.78, 5) is 35.7. The fourth-order valence-corrected chi connectivity index (χ4v) is 1.72. The standard InChI is InChI=1S/C12H12N2O5/c1-18-12(17)5-10(15)14-8-4-7(13)2-3-9(8)19-6-11(14)16/h2-4H,5-6,13H2,1H3. The van der Waals surface area contributed by atoms with Crippen molar-refractivity contribution >= 4 is 29.2 Å². The van der Waals surface area contributed by atoms with Crippen LogP contribution in [0, 0.1) is 0 Å². The summed E-state index contributed by atoms with van der Waals surface area (Å²) in [7, 11) is 1.17. The Morgan fingerprint density at radius 1 is 1.47 bits per heavy atom. The van der Waals surface area contributed by atoms with Gasteiger partial charge in [0.1, 0.15) is 12.2 Å². The molecule has 0 radical (unpaired) electrons. The van der Waals surface area contributed by atoms with Crippen molar-refractivity contribution in [2.45, 2.75) is 6.42 Å². The zero-order chi connectivity index (χ0) is 14.0. The molecule has 1 aliphatic rings. The number of nitrogen functional groups attached to an aromatic ring is 1. The summed E-state index contributed by atoms with van der Waals surface area (Å²) in [5.74, 6) is -1.57. The van der Waals surface area contributed by atoms with Crippen molar-refractivity contribution in [1.29, 1.82) is 0 Å². The molecule has 0 saturated heterocycles. The van der Waals surface area contributed by atoms with E-state index >= 15 is 0 Å². The van der Waals surface area contributed by atoms with Gasteiger partial charge in [0.15, 0.2) is 6.61 Å². The van der Waals surface area contributed by atoms with Gasteiger partial charge in [0, 0.05) is 5.69 Å². The topological polar surface area (TPSA) is 98.9 Å². The molecule has 0 fully saturated rings. The number of esters is 1. The van der Waals surface area contributed by atoms with E-state index in [4.69, 9.17) is 10.5 Å². The second kappa shape index (κ2) is 4.97. The van der Waals surface area contributed by atoms with Gasteiger partial charge in [-0.1, -0.05) is 0 Å². The third-order valence-electron chi connectivity index (χ3n) is 2.60. The Kier molecular flexibility index (Phi) is 3.37. The predicted octanol–water partition coefficient (Wildman–Crippen LogP) is 0.0839. The Hall–Kier alpha value is -2.57. The first kappa shape index (κ1) is 12.9. The van der Waals surface area contributed by atoms with Crippen molar-refractivity contribution in [3.8, 4) is 5.75 Å². The fourth-order valence-electron chi connectivity index (χ4n) is 1.72. The molecule has 2 N–H and O–H groups in total. The highest BCUT2D eigenvalue weighted by Crippen LogP contribution is 2.34. The zero-order valence-corrected chi connectivity index (χ0v) is 10.2. The van der Waals surface area contributed by atoms with Crippen LogP contribution in [-0.2, 0) is 19.1 Å². The number of carbonyl (C=O) groups excluding carboxylic acids is 3. The smallest absolute Gasteiger partial charge is 0.315 e. The van der Waals surface area contributed by atoms with Crippen LogP contribution in [-0.4, -0.2) is 31.5 Å². The van der Waals surface area contributed by atoms with Gasteiger partial charge in [-0.2, -0.15) is 0 Å². The Morgan fingerprint density at radius 2 is 2.21 bits per heavy atom. The number of hydrogen-bond acceptors (Lipinski definition) is 6. The van der Waals surface area contributed by atoms with E-state index in [1.54, 1.807) is 12.1 Å². The van der Waals surface area contributed by atoms with Gasteiger partial charge in [-0.3, -0.25) is 14.4 Å². The molecule has 7 nitrogen and oxygen atoms in total. The number of rotatable bonds is 2. The van der Waals surface area contributed by atoms with Crippen LogP contribution in [0.5, 0.6) is 5.75 Å². The number of imide groups is 1. The molecule has 100 valence electrons. The lowest BCUT2D eigenvalue weighted by molar-refractivity contribution is -0.143. The Balaban J connectivity index is 2.34. The number of benzene rings is 1. The lowest BCUT2D eigenvalue weighted by atomic mass is 10.2. The molecule has 0 atom stereocenters. The van der Waals surface area contributed by atoms with E-state index < -0.39 is 24.2 Å². The van der Waals surface area contributed by atoms with Crippen molar-refractivity contribution < 1.29 is 23.9 Å². The highest BCUT2D eigenvalue weighted by molar-refractivity contribution is 6.20. The van der Waals surface area contributed by atoms with Crippen LogP contribution in [0.1, 0.15) is 6.42 Å². The highest BCUT2D eigenvalue weighted by Gasteiger charge is 2.32. The van der Waals surface area contributed by atoms with Crippen LogP contribution in [0.25, 0.3) is 0 Å². The van der Waals surface area contributed by atoms with Crippen LogP contribution in [0.15, 0.2) is 18.2 Å². The molecule has 1 aliphatic heterocycles. The normalized spacial score (nSPS) is 13.5. The Morgan fingerprint density at radius 3 is 2.89 bits per heavy atom. The van der Waals surface area contributed by atoms with E-state index in [2.05, 4.69) is 4.74 Å². The van der Waals surface area contributed by atoms with Crippen LogP contribution < -0.4 is 15.4 Å². The molecule has 7 heteroatoms. The number of hydrogen-bond donors (Lipinski definition) is 1. The van der Waals surface area contributed by atoms with Crippen LogP contribution in [0.4, 0.5) is 11.4 Å². The molecule has 1 aromatic rings. The minimum absolute atomic E-state index is 0.241. The summed E-state index contributed by atoms with van der Waals surface area (Å²) in [6, 6.07) is 4.61. The number of nitrogens with two attached hydrogens (primary N) is 1. The van der Waals surface area contributed by atoms with Crippen LogP contribution >= 0.6 is 0 Å². The third-order valence-corrected chi connectivity index (χ3v) is 2.60. The Labute approximate surface area is 108 Å². The van der Waals surface area contributed by atoms with Gasteiger partial charge in [0.25, 0.3) is 5.91 Å². The number of methoxy groups -OCH3 is 1. The number of fused-ring (bicyclic) bond motifs is 1. The summed E-state index contributed by atoms with van der Waals surface area (Å²) in [5, 5.41) is 0. The van der Waals surface area contributed by atoms with Gasteiger partial charge in [0.05, 0.1) is 12.8 Å². The molecule has 0 unspecified atom stereocenters. The molecule has 19 heavy (non-hydrogen) atoms. The van der Waals surface area contributed by atoms with E-state index in [-0.39, 0.29) is 12.3 Å². The van der Waals surface area contributed by atoms with Crippen molar-refractivity contribution in [3.05, 3.63) is 18.2 Å². The van der Waals surface area contributed by atoms with E-state index in [0.717, 1.165) is 4.90 Å². The van der Waals surface area contributed by atoms with Crippen molar-refractivity contribution in [1.82, 2.24) is 0 Å². The minimum Gasteiger partial charge on any atom is -0.482 e. The Bertz CT molecular complexity index is 555. The average molecular weight is 264 g/mol. The average Bonchev–Trinajstić information content (AvgIpc) is 2.37. The van der Waals surface area contributed by atoms with Gasteiger partial charge in [-0.05, 0) is 18.2 Å². The van der Waals surface area contributed by atoms with Gasteiger partial charge < -0.3 is 15.2 Å². The molecular formula is C12H12N2O5. The first-order chi connectivity index (χ1) is 9.02. The maximum Gasteiger partial charge on any atom is 0.315 e. The molecule has 0 spiro atoms. The van der Waals surface area contributed by atoms with Crippen LogP contribution in [0.3, 0.4) is 0 Å². The molecule has 0 saturated carbocycles. The van der Waals surface area contributed by atoms with Gasteiger partial charge in [0.2, 0.25) is 5.91 Å². The van der Waals surface area contributed by atoms with E-state index in [1.807, 2.05) is 0 Å². The van der Waals surface area contributed by atoms with E-state index in [1.165, 1.54) is 13.2 Å². The van der Waals surface area contributed by atoms with Crippen molar-refractivity contribution in [2.24, 2.45) is 0 Å².